The molecular formula is C12H15BrN2OS. The summed E-state index contributed by atoms with van der Waals surface area (Å²) in [7, 11) is 0. The minimum absolute atomic E-state index is 0.000880. The van der Waals surface area contributed by atoms with Gasteiger partial charge in [0.2, 0.25) is 0 Å². The monoisotopic (exact) mass is 314 g/mol. The number of amides is 1. The number of thioether (sulfide) groups is 1. The molecule has 1 saturated carbocycles. The number of halogens is 1. The number of aromatic nitrogens is 1. The number of carbonyl (C=O) groups is 1. The molecule has 1 aliphatic rings. The van der Waals surface area contributed by atoms with Crippen LogP contribution in [0.25, 0.3) is 0 Å². The van der Waals surface area contributed by atoms with Gasteiger partial charge in [-0.1, -0.05) is 6.42 Å². The summed E-state index contributed by atoms with van der Waals surface area (Å²) in [5.41, 5.74) is 0.665. The molecule has 92 valence electrons. The highest BCUT2D eigenvalue weighted by atomic mass is 79.9. The van der Waals surface area contributed by atoms with Crippen molar-refractivity contribution in [3.8, 4) is 0 Å². The lowest BCUT2D eigenvalue weighted by Crippen LogP contribution is -2.38. The molecule has 0 spiro atoms. The van der Waals surface area contributed by atoms with Crippen molar-refractivity contribution in [3.05, 3.63) is 28.5 Å². The smallest absolute Gasteiger partial charge is 0.251 e. The number of pyridine rings is 1. The molecule has 0 radical (unpaired) electrons. The molecule has 1 aromatic heterocycles. The van der Waals surface area contributed by atoms with Crippen LogP contribution in [0.5, 0.6) is 0 Å². The van der Waals surface area contributed by atoms with E-state index in [0.29, 0.717) is 21.5 Å². The van der Waals surface area contributed by atoms with E-state index < -0.39 is 0 Å². The van der Waals surface area contributed by atoms with Gasteiger partial charge in [0.05, 0.1) is 0 Å². The molecule has 2 rings (SSSR count). The molecule has 0 aromatic carbocycles. The van der Waals surface area contributed by atoms with Gasteiger partial charge in [0, 0.05) is 23.1 Å². The van der Waals surface area contributed by atoms with E-state index >= 15 is 0 Å². The molecule has 1 N–H and O–H groups in total. The topological polar surface area (TPSA) is 42.0 Å². The second-order valence-electron chi connectivity index (χ2n) is 4.15. The molecular weight excluding hydrogens is 300 g/mol. The van der Waals surface area contributed by atoms with Crippen molar-refractivity contribution in [2.75, 3.05) is 6.26 Å². The molecule has 2 unspecified atom stereocenters. The first-order chi connectivity index (χ1) is 8.20. The van der Waals surface area contributed by atoms with Crippen molar-refractivity contribution < 1.29 is 4.79 Å². The Kier molecular flexibility index (Phi) is 4.45. The van der Waals surface area contributed by atoms with Crippen molar-refractivity contribution in [1.82, 2.24) is 10.3 Å². The highest BCUT2D eigenvalue weighted by Crippen LogP contribution is 2.28. The third-order valence-corrected chi connectivity index (χ3v) is 4.66. The predicted molar refractivity (Wildman–Crippen MR) is 74.3 cm³/mol. The third-order valence-electron chi connectivity index (χ3n) is 3.06. The summed E-state index contributed by atoms with van der Waals surface area (Å²) in [5, 5.41) is 3.67. The Bertz CT molecular complexity index is 413. The van der Waals surface area contributed by atoms with Crippen molar-refractivity contribution in [2.24, 2.45) is 0 Å². The minimum Gasteiger partial charge on any atom is -0.348 e. The fourth-order valence-electron chi connectivity index (χ4n) is 2.17. The van der Waals surface area contributed by atoms with Crippen molar-refractivity contribution in [2.45, 2.75) is 30.6 Å². The van der Waals surface area contributed by atoms with E-state index in [2.05, 4.69) is 32.5 Å². The molecule has 5 heteroatoms. The lowest BCUT2D eigenvalue weighted by atomic mass is 10.2. The summed E-state index contributed by atoms with van der Waals surface area (Å²) in [4.78, 5) is 16.1. The molecule has 0 saturated heterocycles. The number of hydrogen-bond donors (Lipinski definition) is 1. The lowest BCUT2D eigenvalue weighted by Gasteiger charge is -2.19. The van der Waals surface area contributed by atoms with E-state index in [-0.39, 0.29) is 5.91 Å². The molecule has 1 aliphatic carbocycles. The molecule has 2 atom stereocenters. The van der Waals surface area contributed by atoms with Crippen LogP contribution >= 0.6 is 27.7 Å². The van der Waals surface area contributed by atoms with Gasteiger partial charge in [-0.25, -0.2) is 4.98 Å². The Balaban J connectivity index is 2.01. The van der Waals surface area contributed by atoms with E-state index in [0.717, 1.165) is 6.42 Å². The van der Waals surface area contributed by atoms with Crippen molar-refractivity contribution in [3.63, 3.8) is 0 Å². The maximum atomic E-state index is 12.0. The Morgan fingerprint density at radius 1 is 1.59 bits per heavy atom. The third kappa shape index (κ3) is 3.22. The first-order valence-electron chi connectivity index (χ1n) is 5.66. The van der Waals surface area contributed by atoms with Crippen LogP contribution in [-0.4, -0.2) is 28.4 Å². The molecule has 1 fully saturated rings. The van der Waals surface area contributed by atoms with Gasteiger partial charge in [0.1, 0.15) is 4.60 Å². The van der Waals surface area contributed by atoms with Gasteiger partial charge in [-0.2, -0.15) is 11.8 Å². The summed E-state index contributed by atoms with van der Waals surface area (Å²) in [6, 6.07) is 3.80. The Morgan fingerprint density at radius 2 is 2.41 bits per heavy atom. The molecule has 1 heterocycles. The molecule has 1 amide bonds. The average molecular weight is 315 g/mol. The number of nitrogens with one attached hydrogen (secondary N) is 1. The molecule has 1 aromatic rings. The maximum Gasteiger partial charge on any atom is 0.251 e. The van der Waals surface area contributed by atoms with E-state index in [1.165, 1.54) is 12.8 Å². The normalized spacial score (nSPS) is 23.6. The summed E-state index contributed by atoms with van der Waals surface area (Å²) in [5.74, 6) is -0.000880. The van der Waals surface area contributed by atoms with Gasteiger partial charge in [0.15, 0.2) is 0 Å². The Hall–Kier alpha value is -0.550. The molecule has 17 heavy (non-hydrogen) atoms. The quantitative estimate of drug-likeness (QED) is 0.872. The zero-order valence-corrected chi connectivity index (χ0v) is 12.1. The molecule has 0 bridgehead atoms. The molecule has 3 nitrogen and oxygen atoms in total. The van der Waals surface area contributed by atoms with E-state index in [4.69, 9.17) is 0 Å². The van der Waals surface area contributed by atoms with Crippen LogP contribution in [-0.2, 0) is 0 Å². The van der Waals surface area contributed by atoms with E-state index in [1.54, 1.807) is 18.3 Å². The van der Waals surface area contributed by atoms with Crippen LogP contribution in [0.1, 0.15) is 29.6 Å². The van der Waals surface area contributed by atoms with E-state index in [1.807, 2.05) is 11.8 Å². The maximum absolute atomic E-state index is 12.0. The minimum atomic E-state index is -0.000880. The largest absolute Gasteiger partial charge is 0.348 e. The van der Waals surface area contributed by atoms with Crippen LogP contribution in [0.4, 0.5) is 0 Å². The fraction of sp³-hybridized carbons (Fsp3) is 0.500. The SMILES string of the molecule is CSC1CCCC1NC(=O)c1ccnc(Br)c1. The van der Waals surface area contributed by atoms with Gasteiger partial charge in [-0.3, -0.25) is 4.79 Å². The summed E-state index contributed by atoms with van der Waals surface area (Å²) in [6.45, 7) is 0. The second-order valence-corrected chi connectivity index (χ2v) is 6.04. The van der Waals surface area contributed by atoms with Gasteiger partial charge < -0.3 is 5.32 Å². The number of hydrogen-bond acceptors (Lipinski definition) is 3. The summed E-state index contributed by atoms with van der Waals surface area (Å²) in [6.07, 6.45) is 7.24. The van der Waals surface area contributed by atoms with Crippen LogP contribution in [0.3, 0.4) is 0 Å². The van der Waals surface area contributed by atoms with Crippen LogP contribution in [0.2, 0.25) is 0 Å². The first-order valence-corrected chi connectivity index (χ1v) is 7.74. The van der Waals surface area contributed by atoms with Crippen LogP contribution < -0.4 is 5.32 Å². The second kappa shape index (κ2) is 5.87. The summed E-state index contributed by atoms with van der Waals surface area (Å²) >= 11 is 5.12. The molecule has 0 aliphatic heterocycles. The highest BCUT2D eigenvalue weighted by Gasteiger charge is 2.27. The Labute approximate surface area is 114 Å². The highest BCUT2D eigenvalue weighted by molar-refractivity contribution is 9.10. The van der Waals surface area contributed by atoms with Crippen LogP contribution in [0.15, 0.2) is 22.9 Å². The van der Waals surface area contributed by atoms with Crippen LogP contribution in [0, 0.1) is 0 Å². The van der Waals surface area contributed by atoms with E-state index in [9.17, 15) is 4.79 Å². The fourth-order valence-corrected chi connectivity index (χ4v) is 3.47. The number of nitrogens with zero attached hydrogens (tertiary/aromatic N) is 1. The van der Waals surface area contributed by atoms with Gasteiger partial charge in [-0.15, -0.1) is 0 Å². The van der Waals surface area contributed by atoms with Gasteiger partial charge in [0.25, 0.3) is 5.91 Å². The van der Waals surface area contributed by atoms with Gasteiger partial charge in [-0.05, 0) is 47.2 Å². The average Bonchev–Trinajstić information content (AvgIpc) is 2.76. The lowest BCUT2D eigenvalue weighted by molar-refractivity contribution is 0.0938. The Morgan fingerprint density at radius 3 is 3.12 bits per heavy atom. The zero-order chi connectivity index (χ0) is 12.3. The zero-order valence-electron chi connectivity index (χ0n) is 9.65. The first kappa shape index (κ1) is 12.9. The number of rotatable bonds is 3. The van der Waals surface area contributed by atoms with Crippen molar-refractivity contribution >= 4 is 33.6 Å². The standard InChI is InChI=1S/C12H15BrN2OS/c1-17-10-4-2-3-9(10)15-12(16)8-5-6-14-11(13)7-8/h5-7,9-10H,2-4H2,1H3,(H,15,16). The summed E-state index contributed by atoms with van der Waals surface area (Å²) < 4.78 is 0.693. The number of carbonyl (C=O) groups excluding carboxylic acids is 1. The predicted octanol–water partition coefficient (Wildman–Crippen LogP) is 2.86. The van der Waals surface area contributed by atoms with Crippen molar-refractivity contribution in [1.29, 1.82) is 0 Å². The van der Waals surface area contributed by atoms with Gasteiger partial charge >= 0.3 is 0 Å².